The van der Waals surface area contributed by atoms with Crippen LogP contribution in [0.4, 0.5) is 0 Å². The smallest absolute Gasteiger partial charge is 0.191 e. The summed E-state index contributed by atoms with van der Waals surface area (Å²) >= 11 is 0. The molecule has 0 aromatic heterocycles. The maximum absolute atomic E-state index is 5.95. The van der Waals surface area contributed by atoms with Crippen molar-refractivity contribution in [3.63, 3.8) is 0 Å². The van der Waals surface area contributed by atoms with Gasteiger partial charge in [-0.2, -0.15) is 0 Å². The molecule has 0 aliphatic carbocycles. The number of nitrogens with zero attached hydrogens (tertiary/aromatic N) is 1. The van der Waals surface area contributed by atoms with Crippen LogP contribution < -0.4 is 15.4 Å². The highest BCUT2D eigenvalue weighted by Gasteiger charge is 2.05. The zero-order valence-electron chi connectivity index (χ0n) is 14.5. The number of halogens is 1. The molecular formula is C19H26IN3O. The molecule has 24 heavy (non-hydrogen) atoms. The van der Waals surface area contributed by atoms with Crippen molar-refractivity contribution in [1.82, 2.24) is 10.6 Å². The molecule has 4 nitrogen and oxygen atoms in total. The maximum atomic E-state index is 5.95. The van der Waals surface area contributed by atoms with Crippen LogP contribution in [0.2, 0.25) is 0 Å². The second-order valence-electron chi connectivity index (χ2n) is 5.51. The van der Waals surface area contributed by atoms with Gasteiger partial charge in [0.25, 0.3) is 0 Å². The largest absolute Gasteiger partial charge is 0.491 e. The van der Waals surface area contributed by atoms with Crippen molar-refractivity contribution in [1.29, 1.82) is 0 Å². The molecule has 0 radical (unpaired) electrons. The molecule has 0 aliphatic rings. The third kappa shape index (κ3) is 6.39. The zero-order valence-corrected chi connectivity index (χ0v) is 16.8. The van der Waals surface area contributed by atoms with Gasteiger partial charge in [0.2, 0.25) is 0 Å². The highest BCUT2D eigenvalue weighted by Crippen LogP contribution is 2.29. The molecule has 5 heteroatoms. The number of aliphatic imine (C=N–C) groups is 1. The molecule has 0 bridgehead atoms. The molecule has 0 fully saturated rings. The van der Waals surface area contributed by atoms with Crippen LogP contribution in [0.3, 0.4) is 0 Å². The lowest BCUT2D eigenvalue weighted by Crippen LogP contribution is -2.42. The number of guanidine groups is 1. The summed E-state index contributed by atoms with van der Waals surface area (Å²) in [6, 6.07) is 18.7. The first-order chi connectivity index (χ1) is 11.2. The van der Waals surface area contributed by atoms with Crippen LogP contribution in [-0.2, 0) is 0 Å². The third-order valence-corrected chi connectivity index (χ3v) is 3.27. The average Bonchev–Trinajstić information content (AvgIpc) is 2.58. The molecule has 2 aromatic carbocycles. The van der Waals surface area contributed by atoms with Crippen molar-refractivity contribution >= 4 is 29.9 Å². The summed E-state index contributed by atoms with van der Waals surface area (Å²) in [6.45, 7) is 5.43. The molecule has 0 saturated carbocycles. The number of hydrogen-bond acceptors (Lipinski definition) is 2. The summed E-state index contributed by atoms with van der Waals surface area (Å²) in [7, 11) is 1.77. The monoisotopic (exact) mass is 439 g/mol. The molecule has 0 amide bonds. The van der Waals surface area contributed by atoms with Crippen LogP contribution in [0.25, 0.3) is 11.1 Å². The highest BCUT2D eigenvalue weighted by molar-refractivity contribution is 14.0. The van der Waals surface area contributed by atoms with Gasteiger partial charge in [-0.1, -0.05) is 48.5 Å². The van der Waals surface area contributed by atoms with Crippen LogP contribution in [0.1, 0.15) is 13.8 Å². The van der Waals surface area contributed by atoms with E-state index in [1.165, 1.54) is 0 Å². The van der Waals surface area contributed by atoms with Crippen LogP contribution in [-0.4, -0.2) is 32.2 Å². The zero-order chi connectivity index (χ0) is 16.5. The number of hydrogen-bond donors (Lipinski definition) is 2. The van der Waals surface area contributed by atoms with Gasteiger partial charge in [0, 0.05) is 18.7 Å². The molecule has 2 rings (SSSR count). The van der Waals surface area contributed by atoms with E-state index in [4.69, 9.17) is 4.74 Å². The quantitative estimate of drug-likeness (QED) is 0.311. The highest BCUT2D eigenvalue weighted by atomic mass is 127. The molecule has 0 saturated heterocycles. The van der Waals surface area contributed by atoms with E-state index in [0.717, 1.165) is 22.8 Å². The fourth-order valence-electron chi connectivity index (χ4n) is 2.25. The van der Waals surface area contributed by atoms with E-state index in [0.29, 0.717) is 19.2 Å². The van der Waals surface area contributed by atoms with Gasteiger partial charge in [0.1, 0.15) is 12.4 Å². The average molecular weight is 439 g/mol. The Morgan fingerprint density at radius 2 is 1.71 bits per heavy atom. The van der Waals surface area contributed by atoms with Crippen LogP contribution >= 0.6 is 24.0 Å². The Bertz CT molecular complexity index is 630. The van der Waals surface area contributed by atoms with Crippen molar-refractivity contribution in [2.45, 2.75) is 19.9 Å². The van der Waals surface area contributed by atoms with E-state index >= 15 is 0 Å². The minimum absolute atomic E-state index is 0. The SMILES string of the molecule is CN=C(NCCOc1ccccc1-c1ccccc1)NC(C)C.I. The Kier molecular flexibility index (Phi) is 9.22. The Labute approximate surface area is 161 Å². The van der Waals surface area contributed by atoms with E-state index in [9.17, 15) is 0 Å². The fraction of sp³-hybridized carbons (Fsp3) is 0.316. The van der Waals surface area contributed by atoms with Crippen LogP contribution in [0.15, 0.2) is 59.6 Å². The minimum Gasteiger partial charge on any atom is -0.491 e. The fourth-order valence-corrected chi connectivity index (χ4v) is 2.25. The molecular weight excluding hydrogens is 413 g/mol. The predicted molar refractivity (Wildman–Crippen MR) is 112 cm³/mol. The molecule has 2 aromatic rings. The first-order valence-electron chi connectivity index (χ1n) is 7.95. The van der Waals surface area contributed by atoms with Gasteiger partial charge in [-0.15, -0.1) is 24.0 Å². The second kappa shape index (κ2) is 10.9. The maximum Gasteiger partial charge on any atom is 0.191 e. The molecule has 0 heterocycles. The number of ether oxygens (including phenoxy) is 1. The van der Waals surface area contributed by atoms with Gasteiger partial charge in [-0.3, -0.25) is 4.99 Å². The summed E-state index contributed by atoms with van der Waals surface area (Å²) in [6.07, 6.45) is 0. The summed E-state index contributed by atoms with van der Waals surface area (Å²) < 4.78 is 5.95. The van der Waals surface area contributed by atoms with E-state index in [1.807, 2.05) is 36.4 Å². The third-order valence-electron chi connectivity index (χ3n) is 3.27. The lowest BCUT2D eigenvalue weighted by molar-refractivity contribution is 0.323. The van der Waals surface area contributed by atoms with Gasteiger partial charge in [0.15, 0.2) is 5.96 Å². The second-order valence-corrected chi connectivity index (χ2v) is 5.51. The first kappa shape index (κ1) is 20.3. The minimum atomic E-state index is 0. The van der Waals surface area contributed by atoms with E-state index in [2.05, 4.69) is 47.7 Å². The van der Waals surface area contributed by atoms with Gasteiger partial charge in [-0.05, 0) is 25.5 Å². The van der Waals surface area contributed by atoms with Crippen molar-refractivity contribution in [3.05, 3.63) is 54.6 Å². The van der Waals surface area contributed by atoms with Crippen molar-refractivity contribution in [3.8, 4) is 16.9 Å². The first-order valence-corrected chi connectivity index (χ1v) is 7.95. The lowest BCUT2D eigenvalue weighted by Gasteiger charge is -2.15. The van der Waals surface area contributed by atoms with Gasteiger partial charge in [-0.25, -0.2) is 0 Å². The van der Waals surface area contributed by atoms with E-state index in [-0.39, 0.29) is 24.0 Å². The van der Waals surface area contributed by atoms with Gasteiger partial charge >= 0.3 is 0 Å². The Morgan fingerprint density at radius 1 is 1.04 bits per heavy atom. The molecule has 0 atom stereocenters. The molecule has 130 valence electrons. The van der Waals surface area contributed by atoms with Crippen molar-refractivity contribution in [2.75, 3.05) is 20.2 Å². The molecule has 0 unspecified atom stereocenters. The lowest BCUT2D eigenvalue weighted by atomic mass is 10.1. The Morgan fingerprint density at radius 3 is 2.38 bits per heavy atom. The molecule has 0 aliphatic heterocycles. The number of rotatable bonds is 6. The topological polar surface area (TPSA) is 45.7 Å². The summed E-state index contributed by atoms with van der Waals surface area (Å²) in [5, 5.41) is 6.49. The number of benzene rings is 2. The van der Waals surface area contributed by atoms with Crippen LogP contribution in [0.5, 0.6) is 5.75 Å². The Hall–Kier alpha value is -1.76. The molecule has 0 spiro atoms. The summed E-state index contributed by atoms with van der Waals surface area (Å²) in [4.78, 5) is 4.18. The van der Waals surface area contributed by atoms with Crippen LogP contribution in [0, 0.1) is 0 Å². The van der Waals surface area contributed by atoms with Gasteiger partial charge < -0.3 is 15.4 Å². The summed E-state index contributed by atoms with van der Waals surface area (Å²) in [5.74, 6) is 1.69. The van der Waals surface area contributed by atoms with E-state index in [1.54, 1.807) is 7.05 Å². The van der Waals surface area contributed by atoms with E-state index < -0.39 is 0 Å². The number of para-hydroxylation sites is 1. The normalized spacial score (nSPS) is 10.9. The summed E-state index contributed by atoms with van der Waals surface area (Å²) in [5.41, 5.74) is 2.27. The van der Waals surface area contributed by atoms with Gasteiger partial charge in [0.05, 0.1) is 6.54 Å². The molecule has 2 N–H and O–H groups in total. The Balaban J connectivity index is 0.00000288. The van der Waals surface area contributed by atoms with Crippen molar-refractivity contribution in [2.24, 2.45) is 4.99 Å². The standard InChI is InChI=1S/C19H25N3O.HI/c1-15(2)22-19(20-3)21-13-14-23-18-12-8-7-11-17(18)16-9-5-4-6-10-16;/h4-12,15H,13-14H2,1-3H3,(H2,20,21,22);1H. The number of nitrogens with one attached hydrogen (secondary N) is 2. The predicted octanol–water partition coefficient (Wildman–Crippen LogP) is 3.92. The van der Waals surface area contributed by atoms with Crippen molar-refractivity contribution < 1.29 is 4.74 Å².